The molecule has 0 aliphatic carbocycles. The first-order valence-electron chi connectivity index (χ1n) is 8.27. The third-order valence-electron chi connectivity index (χ3n) is 4.54. The molecule has 0 bridgehead atoms. The molecule has 1 atom stereocenters. The van der Waals surface area contributed by atoms with Gasteiger partial charge in [0.2, 0.25) is 0 Å². The molecule has 7 heteroatoms. The highest BCUT2D eigenvalue weighted by Gasteiger charge is 2.33. The molecule has 1 aliphatic rings. The van der Waals surface area contributed by atoms with Crippen LogP contribution in [0, 0.1) is 0 Å². The summed E-state index contributed by atoms with van der Waals surface area (Å²) in [5.41, 5.74) is 1.07. The van der Waals surface area contributed by atoms with Crippen molar-refractivity contribution in [3.63, 3.8) is 0 Å². The third kappa shape index (κ3) is 3.33. The Labute approximate surface area is 151 Å². The van der Waals surface area contributed by atoms with E-state index in [1.54, 1.807) is 25.2 Å². The van der Waals surface area contributed by atoms with Gasteiger partial charge >= 0.3 is 5.97 Å². The van der Waals surface area contributed by atoms with E-state index in [1.165, 1.54) is 18.3 Å². The number of benzene rings is 1. The van der Waals surface area contributed by atoms with Crippen LogP contribution in [0.4, 0.5) is 0 Å². The van der Waals surface area contributed by atoms with E-state index in [1.807, 2.05) is 12.1 Å². The molecule has 1 fully saturated rings. The topological polar surface area (TPSA) is 89.0 Å². The molecule has 0 radical (unpaired) electrons. The number of carboxylic acids is 1. The van der Waals surface area contributed by atoms with E-state index in [4.69, 9.17) is 14.6 Å². The zero-order valence-electron chi connectivity index (χ0n) is 14.6. The number of nitrogens with zero attached hydrogens (tertiary/aromatic N) is 2. The van der Waals surface area contributed by atoms with Gasteiger partial charge in [0.1, 0.15) is 17.2 Å². The zero-order chi connectivity index (χ0) is 18.7. The molecule has 26 heavy (non-hydrogen) atoms. The van der Waals surface area contributed by atoms with E-state index in [0.717, 1.165) is 18.4 Å². The minimum atomic E-state index is -1.09. The van der Waals surface area contributed by atoms with Gasteiger partial charge in [-0.2, -0.15) is 0 Å². The standard InChI is InChI=1S/C19H20N2O5/c1-25-13-5-6-14(17(11-13)26-2)16-4-3-9-21(16)18(22)15-10-12(19(23)24)7-8-20-15/h5-8,10-11,16H,3-4,9H2,1-2H3,(H,23,24). The molecule has 2 heterocycles. The Morgan fingerprint density at radius 2 is 2.00 bits per heavy atom. The van der Waals surface area contributed by atoms with Crippen LogP contribution in [-0.4, -0.2) is 47.6 Å². The number of aromatic nitrogens is 1. The van der Waals surface area contributed by atoms with Gasteiger partial charge in [0.05, 0.1) is 25.8 Å². The maximum absolute atomic E-state index is 12.9. The van der Waals surface area contributed by atoms with E-state index < -0.39 is 5.97 Å². The lowest BCUT2D eigenvalue weighted by atomic mass is 10.0. The number of likely N-dealkylation sites (tertiary alicyclic amines) is 1. The molecule has 1 unspecified atom stereocenters. The maximum Gasteiger partial charge on any atom is 0.335 e. The molecular weight excluding hydrogens is 336 g/mol. The van der Waals surface area contributed by atoms with Crippen molar-refractivity contribution in [2.75, 3.05) is 20.8 Å². The fourth-order valence-corrected chi connectivity index (χ4v) is 3.25. The SMILES string of the molecule is COc1ccc(C2CCCN2C(=O)c2cc(C(=O)O)ccn2)c(OC)c1. The summed E-state index contributed by atoms with van der Waals surface area (Å²) in [6.45, 7) is 0.581. The molecule has 1 saturated heterocycles. The number of rotatable bonds is 5. The molecule has 3 rings (SSSR count). The van der Waals surface area contributed by atoms with E-state index in [-0.39, 0.29) is 23.2 Å². The summed E-state index contributed by atoms with van der Waals surface area (Å²) in [5, 5.41) is 9.12. The summed E-state index contributed by atoms with van der Waals surface area (Å²) < 4.78 is 10.7. The van der Waals surface area contributed by atoms with Gasteiger partial charge in [-0.25, -0.2) is 4.79 Å². The van der Waals surface area contributed by atoms with Crippen molar-refractivity contribution in [2.45, 2.75) is 18.9 Å². The zero-order valence-corrected chi connectivity index (χ0v) is 14.6. The Balaban J connectivity index is 1.92. The number of methoxy groups -OCH3 is 2. The van der Waals surface area contributed by atoms with Crippen molar-refractivity contribution >= 4 is 11.9 Å². The number of carbonyl (C=O) groups excluding carboxylic acids is 1. The molecular formula is C19H20N2O5. The first-order chi connectivity index (χ1) is 12.5. The monoisotopic (exact) mass is 356 g/mol. The smallest absolute Gasteiger partial charge is 0.335 e. The van der Waals surface area contributed by atoms with Gasteiger partial charge in [-0.1, -0.05) is 0 Å². The lowest BCUT2D eigenvalue weighted by Crippen LogP contribution is -2.31. The van der Waals surface area contributed by atoms with Gasteiger partial charge in [-0.15, -0.1) is 0 Å². The Morgan fingerprint density at radius 1 is 1.19 bits per heavy atom. The summed E-state index contributed by atoms with van der Waals surface area (Å²) in [7, 11) is 3.16. The van der Waals surface area contributed by atoms with Crippen molar-refractivity contribution in [1.82, 2.24) is 9.88 Å². The van der Waals surface area contributed by atoms with Crippen LogP contribution in [0.2, 0.25) is 0 Å². The number of hydrogen-bond acceptors (Lipinski definition) is 5. The van der Waals surface area contributed by atoms with Crippen molar-refractivity contribution in [3.8, 4) is 11.5 Å². The Morgan fingerprint density at radius 3 is 2.69 bits per heavy atom. The Kier molecular flexibility index (Phi) is 5.06. The van der Waals surface area contributed by atoms with E-state index in [0.29, 0.717) is 18.0 Å². The van der Waals surface area contributed by atoms with Gasteiger partial charge in [0.25, 0.3) is 5.91 Å². The number of aromatic carboxylic acids is 1. The minimum absolute atomic E-state index is 0.0427. The molecule has 1 aromatic carbocycles. The second-order valence-electron chi connectivity index (χ2n) is 6.00. The largest absolute Gasteiger partial charge is 0.497 e. The number of pyridine rings is 1. The molecule has 1 amide bonds. The number of hydrogen-bond donors (Lipinski definition) is 1. The highest BCUT2D eigenvalue weighted by atomic mass is 16.5. The van der Waals surface area contributed by atoms with Crippen molar-refractivity contribution in [1.29, 1.82) is 0 Å². The maximum atomic E-state index is 12.9. The highest BCUT2D eigenvalue weighted by molar-refractivity contribution is 5.96. The number of ether oxygens (including phenoxy) is 2. The van der Waals surface area contributed by atoms with Gasteiger partial charge < -0.3 is 19.5 Å². The Hall–Kier alpha value is -3.09. The number of amides is 1. The molecule has 136 valence electrons. The van der Waals surface area contributed by atoms with Crippen LogP contribution in [-0.2, 0) is 0 Å². The van der Waals surface area contributed by atoms with Crippen molar-refractivity contribution in [2.24, 2.45) is 0 Å². The van der Waals surface area contributed by atoms with Gasteiger partial charge in [-0.05, 0) is 37.1 Å². The number of carbonyl (C=O) groups is 2. The van der Waals surface area contributed by atoms with Crippen molar-refractivity contribution in [3.05, 3.63) is 53.3 Å². The fraction of sp³-hybridized carbons (Fsp3) is 0.316. The van der Waals surface area contributed by atoms with E-state index in [2.05, 4.69) is 4.98 Å². The lowest BCUT2D eigenvalue weighted by molar-refractivity contribution is 0.0696. The molecule has 1 aromatic heterocycles. The van der Waals surface area contributed by atoms with Crippen LogP contribution < -0.4 is 9.47 Å². The lowest BCUT2D eigenvalue weighted by Gasteiger charge is -2.26. The molecule has 7 nitrogen and oxygen atoms in total. The van der Waals surface area contributed by atoms with E-state index >= 15 is 0 Å². The fourth-order valence-electron chi connectivity index (χ4n) is 3.25. The van der Waals surface area contributed by atoms with Gasteiger partial charge in [-0.3, -0.25) is 9.78 Å². The summed E-state index contributed by atoms with van der Waals surface area (Å²) >= 11 is 0. The second kappa shape index (κ2) is 7.43. The van der Waals surface area contributed by atoms with E-state index in [9.17, 15) is 9.59 Å². The summed E-state index contributed by atoms with van der Waals surface area (Å²) in [4.78, 5) is 29.9. The van der Waals surface area contributed by atoms with Crippen LogP contribution >= 0.6 is 0 Å². The first kappa shape index (κ1) is 17.7. The van der Waals surface area contributed by atoms with Crippen LogP contribution in [0.15, 0.2) is 36.5 Å². The highest BCUT2D eigenvalue weighted by Crippen LogP contribution is 2.39. The average Bonchev–Trinajstić information content (AvgIpc) is 3.16. The quantitative estimate of drug-likeness (QED) is 0.886. The van der Waals surface area contributed by atoms with Crippen LogP contribution in [0.5, 0.6) is 11.5 Å². The molecule has 1 aliphatic heterocycles. The van der Waals surface area contributed by atoms with Crippen molar-refractivity contribution < 1.29 is 24.2 Å². The average molecular weight is 356 g/mol. The second-order valence-corrected chi connectivity index (χ2v) is 6.00. The van der Waals surface area contributed by atoms with Crippen LogP contribution in [0.1, 0.15) is 45.3 Å². The van der Waals surface area contributed by atoms with Gasteiger partial charge in [0, 0.05) is 24.4 Å². The summed E-state index contributed by atoms with van der Waals surface area (Å²) in [5.74, 6) is -0.0386. The van der Waals surface area contributed by atoms with Crippen LogP contribution in [0.3, 0.4) is 0 Å². The predicted octanol–water partition coefficient (Wildman–Crippen LogP) is 2.77. The molecule has 2 aromatic rings. The molecule has 0 saturated carbocycles. The minimum Gasteiger partial charge on any atom is -0.497 e. The summed E-state index contributed by atoms with van der Waals surface area (Å²) in [6, 6.07) is 8.05. The van der Waals surface area contributed by atoms with Crippen LogP contribution in [0.25, 0.3) is 0 Å². The first-order valence-corrected chi connectivity index (χ1v) is 8.27. The molecule has 0 spiro atoms. The predicted molar refractivity (Wildman–Crippen MR) is 93.8 cm³/mol. The Bertz CT molecular complexity index is 836. The number of carboxylic acid groups (broad SMARTS) is 1. The van der Waals surface area contributed by atoms with Gasteiger partial charge in [0.15, 0.2) is 0 Å². The molecule has 1 N–H and O–H groups in total. The summed E-state index contributed by atoms with van der Waals surface area (Å²) in [6.07, 6.45) is 2.99. The normalized spacial score (nSPS) is 16.4. The third-order valence-corrected chi connectivity index (χ3v) is 4.54.